The van der Waals surface area contributed by atoms with E-state index in [0.29, 0.717) is 6.07 Å². The number of nitrogens with zero attached hydrogens (tertiary/aromatic N) is 2. The van der Waals surface area contributed by atoms with Gasteiger partial charge in [-0.1, -0.05) is 6.07 Å². The zero-order chi connectivity index (χ0) is 22.7. The minimum Gasteiger partial charge on any atom is -0.467 e. The zero-order valence-electron chi connectivity index (χ0n) is 16.7. The van der Waals surface area contributed by atoms with E-state index in [9.17, 15) is 28.4 Å². The predicted molar refractivity (Wildman–Crippen MR) is 107 cm³/mol. The number of methoxy groups -OCH3 is 1. The van der Waals surface area contributed by atoms with Gasteiger partial charge in [-0.2, -0.15) is 0 Å². The van der Waals surface area contributed by atoms with Crippen LogP contribution in [0, 0.1) is 11.6 Å². The molecular formula is C21H19F2N3O5. The molecular weight excluding hydrogens is 412 g/mol. The fraction of sp³-hybridized carbons (Fsp3) is 0.238. The Balaban J connectivity index is 2.06. The van der Waals surface area contributed by atoms with E-state index in [1.165, 1.54) is 38.4 Å². The second-order valence-electron chi connectivity index (χ2n) is 6.79. The number of pyridine rings is 2. The molecule has 0 unspecified atom stereocenters. The van der Waals surface area contributed by atoms with E-state index in [1.807, 2.05) is 0 Å². The van der Waals surface area contributed by atoms with E-state index in [2.05, 4.69) is 15.0 Å². The summed E-state index contributed by atoms with van der Waals surface area (Å²) < 4.78 is 31.9. The molecule has 10 heteroatoms. The van der Waals surface area contributed by atoms with Crippen LogP contribution in [0.1, 0.15) is 29.3 Å². The predicted octanol–water partition coefficient (Wildman–Crippen LogP) is 2.70. The van der Waals surface area contributed by atoms with Crippen molar-refractivity contribution < 1.29 is 28.3 Å². The van der Waals surface area contributed by atoms with Gasteiger partial charge in [-0.25, -0.2) is 18.6 Å². The summed E-state index contributed by atoms with van der Waals surface area (Å²) in [5.74, 6) is -2.91. The number of aromatic nitrogens is 2. The molecule has 0 bridgehead atoms. The van der Waals surface area contributed by atoms with Crippen LogP contribution in [0.4, 0.5) is 14.5 Å². The molecule has 2 N–H and O–H groups in total. The average Bonchev–Trinajstić information content (AvgIpc) is 2.76. The normalized spacial score (nSPS) is 11.9. The summed E-state index contributed by atoms with van der Waals surface area (Å²) in [6.45, 7) is 1.47. The highest BCUT2D eigenvalue weighted by Crippen LogP contribution is 2.26. The zero-order valence-corrected chi connectivity index (χ0v) is 16.7. The summed E-state index contributed by atoms with van der Waals surface area (Å²) >= 11 is 0. The molecule has 31 heavy (non-hydrogen) atoms. The summed E-state index contributed by atoms with van der Waals surface area (Å²) in [5.41, 5.74) is -1.48. The molecule has 2 aromatic heterocycles. The van der Waals surface area contributed by atoms with Crippen molar-refractivity contribution in [3.8, 4) is 0 Å². The Bertz CT molecular complexity index is 1230. The second-order valence-corrected chi connectivity index (χ2v) is 6.79. The number of nitrogens with one attached hydrogen (secondary N) is 1. The first-order valence-electron chi connectivity index (χ1n) is 9.29. The molecule has 8 nitrogen and oxygen atoms in total. The highest BCUT2D eigenvalue weighted by Gasteiger charge is 2.25. The lowest BCUT2D eigenvalue weighted by atomic mass is 10.00. The van der Waals surface area contributed by atoms with Crippen LogP contribution in [0.2, 0.25) is 0 Å². The lowest BCUT2D eigenvalue weighted by Crippen LogP contribution is -2.33. The van der Waals surface area contributed by atoms with Gasteiger partial charge in [0.1, 0.15) is 23.2 Å². The van der Waals surface area contributed by atoms with Crippen molar-refractivity contribution in [2.24, 2.45) is 0 Å². The molecule has 2 heterocycles. The van der Waals surface area contributed by atoms with E-state index in [-0.39, 0.29) is 39.9 Å². The van der Waals surface area contributed by atoms with E-state index < -0.39 is 40.6 Å². The van der Waals surface area contributed by atoms with Crippen molar-refractivity contribution in [1.82, 2.24) is 9.71 Å². The summed E-state index contributed by atoms with van der Waals surface area (Å²) in [5, 5.41) is 13.2. The number of hydrogen-bond donors (Lipinski definition) is 2. The Morgan fingerprint density at radius 3 is 2.71 bits per heavy atom. The minimum atomic E-state index is -1.05. The molecule has 0 aliphatic rings. The van der Waals surface area contributed by atoms with Crippen LogP contribution in [-0.4, -0.2) is 39.8 Å². The highest BCUT2D eigenvalue weighted by atomic mass is 19.1. The molecule has 0 amide bonds. The van der Waals surface area contributed by atoms with Gasteiger partial charge in [0.15, 0.2) is 11.4 Å². The molecule has 1 aromatic carbocycles. The molecule has 3 aromatic rings. The van der Waals surface area contributed by atoms with Gasteiger partial charge < -0.3 is 15.3 Å². The number of aryl methyl sites for hydroxylation is 1. The lowest BCUT2D eigenvalue weighted by molar-refractivity contribution is -0.141. The van der Waals surface area contributed by atoms with E-state index in [4.69, 9.17) is 0 Å². The quantitative estimate of drug-likeness (QED) is 0.336. The van der Waals surface area contributed by atoms with Crippen molar-refractivity contribution in [2.45, 2.75) is 25.8 Å². The molecule has 0 aliphatic heterocycles. The second kappa shape index (κ2) is 8.90. The molecule has 0 fully saturated rings. The van der Waals surface area contributed by atoms with Gasteiger partial charge in [0, 0.05) is 24.1 Å². The molecule has 0 saturated carbocycles. The SMILES string of the molecule is COC(=O)[C@@H](C)Nc1c(C(=O)CCc2ccc(F)cc2F)c(=O)n(O)c2ncccc12. The monoisotopic (exact) mass is 431 g/mol. The Labute approximate surface area is 175 Å². The van der Waals surface area contributed by atoms with Crippen LogP contribution in [0.5, 0.6) is 0 Å². The number of Topliss-reactive ketones (excluding diaryl/α,β-unsaturated/α-hetero) is 1. The summed E-state index contributed by atoms with van der Waals surface area (Å²) in [7, 11) is 1.19. The summed E-state index contributed by atoms with van der Waals surface area (Å²) in [4.78, 5) is 41.5. The molecule has 3 rings (SSSR count). The smallest absolute Gasteiger partial charge is 0.327 e. The van der Waals surface area contributed by atoms with E-state index in [1.54, 1.807) is 0 Å². The van der Waals surface area contributed by atoms with Crippen LogP contribution in [0.3, 0.4) is 0 Å². The van der Waals surface area contributed by atoms with Crippen molar-refractivity contribution in [3.63, 3.8) is 0 Å². The van der Waals surface area contributed by atoms with Crippen LogP contribution in [0.25, 0.3) is 11.0 Å². The molecule has 0 saturated heterocycles. The number of rotatable bonds is 7. The summed E-state index contributed by atoms with van der Waals surface area (Å²) in [6, 6.07) is 5.10. The van der Waals surface area contributed by atoms with Crippen molar-refractivity contribution in [1.29, 1.82) is 0 Å². The number of ketones is 1. The van der Waals surface area contributed by atoms with E-state index in [0.717, 1.165) is 6.07 Å². The molecule has 0 radical (unpaired) electrons. The Kier molecular flexibility index (Phi) is 6.28. The van der Waals surface area contributed by atoms with E-state index >= 15 is 0 Å². The topological polar surface area (TPSA) is 111 Å². The van der Waals surface area contributed by atoms with Crippen LogP contribution >= 0.6 is 0 Å². The maximum atomic E-state index is 13.9. The Morgan fingerprint density at radius 1 is 1.29 bits per heavy atom. The first kappa shape index (κ1) is 21.9. The fourth-order valence-electron chi connectivity index (χ4n) is 3.16. The van der Waals surface area contributed by atoms with Gasteiger partial charge in [-0.3, -0.25) is 9.59 Å². The van der Waals surface area contributed by atoms with Crippen LogP contribution in [-0.2, 0) is 16.0 Å². The van der Waals surface area contributed by atoms with Crippen molar-refractivity contribution in [3.05, 3.63) is 69.6 Å². The number of benzene rings is 1. The van der Waals surface area contributed by atoms with Gasteiger partial charge >= 0.3 is 5.97 Å². The number of fused-ring (bicyclic) bond motifs is 1. The number of carbonyl (C=O) groups excluding carboxylic acids is 2. The third kappa shape index (κ3) is 4.37. The Hall–Kier alpha value is -3.82. The first-order valence-corrected chi connectivity index (χ1v) is 9.29. The summed E-state index contributed by atoms with van der Waals surface area (Å²) in [6.07, 6.45) is 0.943. The molecule has 1 atom stereocenters. The third-order valence-corrected chi connectivity index (χ3v) is 4.74. The largest absolute Gasteiger partial charge is 0.467 e. The number of anilines is 1. The number of carbonyl (C=O) groups is 2. The maximum Gasteiger partial charge on any atom is 0.327 e. The van der Waals surface area contributed by atoms with Gasteiger partial charge in [-0.05, 0) is 37.1 Å². The standard InChI is InChI=1S/C21H19F2N3O5/c1-11(21(29)31-2)25-18-14-4-3-9-24-19(14)26(30)20(28)17(18)16(27)8-6-12-5-7-13(22)10-15(12)23/h3-5,7,9-11,25,30H,6,8H2,1-2H3/t11-/m1/s1. The first-order chi connectivity index (χ1) is 14.7. The van der Waals surface area contributed by atoms with Crippen molar-refractivity contribution in [2.75, 3.05) is 12.4 Å². The van der Waals surface area contributed by atoms with Gasteiger partial charge in [0.2, 0.25) is 0 Å². The van der Waals surface area contributed by atoms with Gasteiger partial charge in [0.05, 0.1) is 12.8 Å². The average molecular weight is 431 g/mol. The minimum absolute atomic E-state index is 0.000813. The third-order valence-electron chi connectivity index (χ3n) is 4.74. The van der Waals surface area contributed by atoms with Crippen molar-refractivity contribution >= 4 is 28.5 Å². The van der Waals surface area contributed by atoms with Crippen LogP contribution < -0.4 is 10.9 Å². The number of hydrogen-bond acceptors (Lipinski definition) is 7. The number of ether oxygens (including phenoxy) is 1. The Morgan fingerprint density at radius 2 is 2.03 bits per heavy atom. The highest BCUT2D eigenvalue weighted by molar-refractivity contribution is 6.08. The molecule has 0 aliphatic carbocycles. The lowest BCUT2D eigenvalue weighted by Gasteiger charge is -2.18. The van der Waals surface area contributed by atoms with Gasteiger partial charge in [0.25, 0.3) is 5.56 Å². The fourth-order valence-corrected chi connectivity index (χ4v) is 3.16. The molecule has 0 spiro atoms. The van der Waals surface area contributed by atoms with Gasteiger partial charge in [-0.15, -0.1) is 4.73 Å². The maximum absolute atomic E-state index is 13.9. The number of esters is 1. The number of halogens is 2. The van der Waals surface area contributed by atoms with Crippen LogP contribution in [0.15, 0.2) is 41.3 Å². The molecule has 162 valence electrons.